The molecular weight excluding hydrogens is 394 g/mol. The van der Waals surface area contributed by atoms with Gasteiger partial charge in [0.1, 0.15) is 5.75 Å². The van der Waals surface area contributed by atoms with E-state index in [-0.39, 0.29) is 18.4 Å². The Labute approximate surface area is 178 Å². The summed E-state index contributed by atoms with van der Waals surface area (Å²) in [6.07, 6.45) is 1.16. The van der Waals surface area contributed by atoms with Crippen LogP contribution in [0.5, 0.6) is 17.2 Å². The van der Waals surface area contributed by atoms with Crippen molar-refractivity contribution < 1.29 is 14.2 Å². The molecule has 0 spiro atoms. The summed E-state index contributed by atoms with van der Waals surface area (Å²) < 4.78 is 16.2. The van der Waals surface area contributed by atoms with Crippen LogP contribution in [0.2, 0.25) is 0 Å². The molecule has 0 amide bonds. The Morgan fingerprint density at radius 2 is 1.68 bits per heavy atom. The first-order valence-electron chi connectivity index (χ1n) is 9.36. The van der Waals surface area contributed by atoms with Crippen LogP contribution in [0.1, 0.15) is 36.4 Å². The molecule has 154 valence electrons. The highest BCUT2D eigenvalue weighted by atomic mass is 35.5. The molecule has 0 bridgehead atoms. The zero-order valence-electron chi connectivity index (χ0n) is 16.9. The van der Waals surface area contributed by atoms with Crippen LogP contribution in [0.3, 0.4) is 0 Å². The Morgan fingerprint density at radius 3 is 2.32 bits per heavy atom. The number of hydrogen-bond donors (Lipinski definition) is 1. The second-order valence-corrected chi connectivity index (χ2v) is 8.00. The third-order valence-corrected chi connectivity index (χ3v) is 6.39. The maximum atomic E-state index is 5.51. The number of benzene rings is 2. The highest BCUT2D eigenvalue weighted by Gasteiger charge is 2.28. The predicted octanol–water partition coefficient (Wildman–Crippen LogP) is 5.07. The molecule has 0 aromatic heterocycles. The van der Waals surface area contributed by atoms with Gasteiger partial charge in [-0.25, -0.2) is 0 Å². The van der Waals surface area contributed by atoms with Crippen molar-refractivity contribution in [2.75, 3.05) is 32.8 Å². The van der Waals surface area contributed by atoms with Crippen LogP contribution in [0.25, 0.3) is 0 Å². The molecule has 1 saturated heterocycles. The zero-order chi connectivity index (χ0) is 19.2. The maximum Gasteiger partial charge on any atom is 0.160 e. The normalized spacial score (nSPS) is 20.0. The lowest BCUT2D eigenvalue weighted by Crippen LogP contribution is -2.40. The van der Waals surface area contributed by atoms with E-state index < -0.39 is 0 Å². The van der Waals surface area contributed by atoms with Gasteiger partial charge in [0, 0.05) is 23.8 Å². The van der Waals surface area contributed by atoms with Gasteiger partial charge in [0.05, 0.1) is 21.3 Å². The molecule has 2 aromatic carbocycles. The van der Waals surface area contributed by atoms with Gasteiger partial charge in [0.2, 0.25) is 0 Å². The van der Waals surface area contributed by atoms with Crippen molar-refractivity contribution in [1.82, 2.24) is 5.32 Å². The van der Waals surface area contributed by atoms with Gasteiger partial charge in [-0.3, -0.25) is 0 Å². The molecular formula is C22H30ClNO3S. The molecule has 0 aliphatic carbocycles. The summed E-state index contributed by atoms with van der Waals surface area (Å²) >= 11 is 2.02. The fourth-order valence-electron chi connectivity index (χ4n) is 3.66. The second kappa shape index (κ2) is 10.8. The predicted molar refractivity (Wildman–Crippen MR) is 120 cm³/mol. The zero-order valence-corrected chi connectivity index (χ0v) is 18.6. The van der Waals surface area contributed by atoms with Gasteiger partial charge in [-0.05, 0) is 54.5 Å². The van der Waals surface area contributed by atoms with Crippen molar-refractivity contribution >= 4 is 24.2 Å². The molecule has 4 nitrogen and oxygen atoms in total. The first-order valence-corrected chi connectivity index (χ1v) is 10.5. The molecule has 0 unspecified atom stereocenters. The third kappa shape index (κ3) is 5.28. The standard InChI is InChI=1S/C22H29NO3S.ClH/c1-15(16-5-8-18(24-2)9-6-16)23-20-11-12-27-14-19(20)17-7-10-21(25-3)22(13-17)26-4;/h5-10,13,15,19-20,23H,11-12,14H2,1-4H3;1H/t15-,19-,20-;/m1./s1. The molecule has 6 heteroatoms. The lowest BCUT2D eigenvalue weighted by molar-refractivity contribution is 0.352. The minimum Gasteiger partial charge on any atom is -0.497 e. The van der Waals surface area contributed by atoms with Crippen LogP contribution in [-0.4, -0.2) is 38.9 Å². The van der Waals surface area contributed by atoms with Crippen LogP contribution >= 0.6 is 24.2 Å². The molecule has 1 aliphatic rings. The minimum absolute atomic E-state index is 0. The number of methoxy groups -OCH3 is 3. The lowest BCUT2D eigenvalue weighted by Gasteiger charge is -2.35. The smallest absolute Gasteiger partial charge is 0.160 e. The second-order valence-electron chi connectivity index (χ2n) is 6.85. The highest BCUT2D eigenvalue weighted by Crippen LogP contribution is 2.37. The molecule has 2 aromatic rings. The van der Waals surface area contributed by atoms with E-state index in [4.69, 9.17) is 14.2 Å². The van der Waals surface area contributed by atoms with Gasteiger partial charge in [-0.2, -0.15) is 11.8 Å². The molecule has 28 heavy (non-hydrogen) atoms. The molecule has 0 saturated carbocycles. The van der Waals surface area contributed by atoms with Crippen molar-refractivity contribution in [2.24, 2.45) is 0 Å². The number of thioether (sulfide) groups is 1. The Hall–Kier alpha value is -1.56. The summed E-state index contributed by atoms with van der Waals surface area (Å²) in [6, 6.07) is 15.3. The minimum atomic E-state index is 0. The molecule has 1 fully saturated rings. The topological polar surface area (TPSA) is 39.7 Å². The Kier molecular flexibility index (Phi) is 8.80. The van der Waals surface area contributed by atoms with E-state index in [9.17, 15) is 0 Å². The SMILES string of the molecule is COc1ccc([C@@H](C)N[C@@H]2CCSC[C@@H]2c2ccc(OC)c(OC)c2)cc1.Cl. The van der Waals surface area contributed by atoms with Gasteiger partial charge >= 0.3 is 0 Å². The summed E-state index contributed by atoms with van der Waals surface area (Å²) in [5.74, 6) is 5.22. The number of nitrogens with one attached hydrogen (secondary N) is 1. The summed E-state index contributed by atoms with van der Waals surface area (Å²) in [7, 11) is 5.07. The van der Waals surface area contributed by atoms with Crippen molar-refractivity contribution in [3.05, 3.63) is 53.6 Å². The Balaban J connectivity index is 0.00000280. The van der Waals surface area contributed by atoms with E-state index in [0.717, 1.165) is 29.4 Å². The van der Waals surface area contributed by atoms with Crippen LogP contribution in [0.15, 0.2) is 42.5 Å². The van der Waals surface area contributed by atoms with Crippen molar-refractivity contribution in [3.8, 4) is 17.2 Å². The van der Waals surface area contributed by atoms with E-state index in [1.165, 1.54) is 16.9 Å². The van der Waals surface area contributed by atoms with Crippen molar-refractivity contribution in [3.63, 3.8) is 0 Å². The average Bonchev–Trinajstić information content (AvgIpc) is 2.73. The quantitative estimate of drug-likeness (QED) is 0.672. The van der Waals surface area contributed by atoms with Crippen LogP contribution < -0.4 is 19.5 Å². The molecule has 1 heterocycles. The van der Waals surface area contributed by atoms with Crippen LogP contribution in [0, 0.1) is 0 Å². The average molecular weight is 424 g/mol. The highest BCUT2D eigenvalue weighted by molar-refractivity contribution is 7.99. The van der Waals surface area contributed by atoms with Crippen molar-refractivity contribution in [2.45, 2.75) is 31.3 Å². The largest absolute Gasteiger partial charge is 0.497 e. The van der Waals surface area contributed by atoms with E-state index in [0.29, 0.717) is 12.0 Å². The molecule has 1 N–H and O–H groups in total. The lowest BCUT2D eigenvalue weighted by atomic mass is 9.89. The number of hydrogen-bond acceptors (Lipinski definition) is 5. The van der Waals surface area contributed by atoms with Gasteiger partial charge in [0.15, 0.2) is 11.5 Å². The van der Waals surface area contributed by atoms with Crippen LogP contribution in [-0.2, 0) is 0 Å². The van der Waals surface area contributed by atoms with Gasteiger partial charge < -0.3 is 19.5 Å². The fraction of sp³-hybridized carbons (Fsp3) is 0.455. The molecule has 3 atom stereocenters. The van der Waals surface area contributed by atoms with E-state index in [1.807, 2.05) is 30.0 Å². The Morgan fingerprint density at radius 1 is 0.964 bits per heavy atom. The fourth-order valence-corrected chi connectivity index (χ4v) is 4.93. The number of halogens is 1. The van der Waals surface area contributed by atoms with Crippen LogP contribution in [0.4, 0.5) is 0 Å². The summed E-state index contributed by atoms with van der Waals surface area (Å²) in [6.45, 7) is 2.23. The van der Waals surface area contributed by atoms with E-state index in [1.54, 1.807) is 21.3 Å². The number of ether oxygens (including phenoxy) is 3. The van der Waals surface area contributed by atoms with Crippen molar-refractivity contribution in [1.29, 1.82) is 0 Å². The molecule has 0 radical (unpaired) electrons. The first-order chi connectivity index (χ1) is 13.2. The summed E-state index contributed by atoms with van der Waals surface area (Å²) in [5, 5.41) is 3.86. The third-order valence-electron chi connectivity index (χ3n) is 5.27. The van der Waals surface area contributed by atoms with E-state index >= 15 is 0 Å². The number of rotatable bonds is 7. The summed E-state index contributed by atoms with van der Waals surface area (Å²) in [5.41, 5.74) is 2.58. The molecule has 1 aliphatic heterocycles. The summed E-state index contributed by atoms with van der Waals surface area (Å²) in [4.78, 5) is 0. The molecule has 3 rings (SSSR count). The maximum absolute atomic E-state index is 5.51. The first kappa shape index (κ1) is 22.7. The van der Waals surface area contributed by atoms with Gasteiger partial charge in [-0.1, -0.05) is 18.2 Å². The Bertz CT molecular complexity index is 741. The van der Waals surface area contributed by atoms with E-state index in [2.05, 4.69) is 36.5 Å². The monoisotopic (exact) mass is 423 g/mol. The van der Waals surface area contributed by atoms with Gasteiger partial charge in [0.25, 0.3) is 0 Å². The van der Waals surface area contributed by atoms with Gasteiger partial charge in [-0.15, -0.1) is 12.4 Å².